The molecule has 1 unspecified atom stereocenters. The third-order valence-electron chi connectivity index (χ3n) is 5.13. The molecule has 30 heavy (non-hydrogen) atoms. The second kappa shape index (κ2) is 9.34. The summed E-state index contributed by atoms with van der Waals surface area (Å²) in [6.45, 7) is 4.93. The Bertz CT molecular complexity index is 1140. The molecule has 3 rings (SSSR count). The lowest BCUT2D eigenvalue weighted by Crippen LogP contribution is -2.30. The van der Waals surface area contributed by atoms with Crippen LogP contribution in [-0.4, -0.2) is 45.5 Å². The van der Waals surface area contributed by atoms with Gasteiger partial charge in [0.25, 0.3) is 5.56 Å². The summed E-state index contributed by atoms with van der Waals surface area (Å²) in [5.74, 6) is -1.97. The summed E-state index contributed by atoms with van der Waals surface area (Å²) in [6, 6.07) is 7.97. The highest BCUT2D eigenvalue weighted by atomic mass is 35.5. The van der Waals surface area contributed by atoms with Crippen LogP contribution in [0.2, 0.25) is 0 Å². The zero-order valence-corrected chi connectivity index (χ0v) is 18.1. The third kappa shape index (κ3) is 4.35. The van der Waals surface area contributed by atoms with E-state index < -0.39 is 22.8 Å². The lowest BCUT2D eigenvalue weighted by molar-refractivity contribution is 0.0691. The molecule has 0 aliphatic carbocycles. The first-order valence-corrected chi connectivity index (χ1v) is 9.24. The molecule has 2 aromatic heterocycles. The molecule has 0 aliphatic heterocycles. The van der Waals surface area contributed by atoms with E-state index in [4.69, 9.17) is 9.84 Å². The number of pyridine rings is 1. The molecular formula is C21H26ClN3O5. The molecule has 0 saturated carbocycles. The molecular weight excluding hydrogens is 410 g/mol. The van der Waals surface area contributed by atoms with E-state index in [1.54, 1.807) is 14.0 Å². The van der Waals surface area contributed by atoms with Crippen molar-refractivity contribution in [2.45, 2.75) is 26.4 Å². The van der Waals surface area contributed by atoms with Gasteiger partial charge in [0.1, 0.15) is 5.75 Å². The summed E-state index contributed by atoms with van der Waals surface area (Å²) in [4.78, 5) is 25.9. The number of carboxylic acid groups (broad SMARTS) is 1. The predicted molar refractivity (Wildman–Crippen MR) is 118 cm³/mol. The molecule has 8 nitrogen and oxygen atoms in total. The largest absolute Gasteiger partial charge is 0.506 e. The fourth-order valence-electron chi connectivity index (χ4n) is 3.49. The predicted octanol–water partition coefficient (Wildman–Crippen LogP) is 2.79. The summed E-state index contributed by atoms with van der Waals surface area (Å²) < 4.78 is 7.23. The molecule has 0 radical (unpaired) electrons. The minimum atomic E-state index is -1.46. The second-order valence-electron chi connectivity index (χ2n) is 7.19. The lowest BCUT2D eigenvalue weighted by Gasteiger charge is -2.13. The van der Waals surface area contributed by atoms with Crippen LogP contribution in [0.15, 0.2) is 29.1 Å². The van der Waals surface area contributed by atoms with Gasteiger partial charge in [-0.15, -0.1) is 12.4 Å². The van der Waals surface area contributed by atoms with Gasteiger partial charge >= 0.3 is 5.97 Å². The van der Waals surface area contributed by atoms with E-state index in [-0.39, 0.29) is 18.4 Å². The van der Waals surface area contributed by atoms with Gasteiger partial charge < -0.3 is 29.8 Å². The van der Waals surface area contributed by atoms with E-state index in [0.717, 1.165) is 16.6 Å². The number of hydrogen-bond donors (Lipinski definition) is 4. The lowest BCUT2D eigenvalue weighted by atomic mass is 10.0. The number of rotatable bonds is 7. The van der Waals surface area contributed by atoms with Crippen molar-refractivity contribution in [3.8, 4) is 17.0 Å². The standard InChI is InChI=1S/C21H25N3O5.ClH/c1-11(10-29-4)22-9-15-8-14-7-13(5-6-16(14)24(15)3)18-12(2)19(25)17(21(27)28)20(26)23-18;/h5-8,11,22H,9-10H2,1-4H3,(H,27,28)(H2,23,25,26);1H. The number of aromatic nitrogens is 2. The van der Waals surface area contributed by atoms with Crippen molar-refractivity contribution < 1.29 is 19.7 Å². The zero-order valence-electron chi connectivity index (χ0n) is 17.3. The number of hydrogen-bond acceptors (Lipinski definition) is 5. The van der Waals surface area contributed by atoms with Gasteiger partial charge in [-0.25, -0.2) is 4.79 Å². The number of benzene rings is 1. The summed E-state index contributed by atoms with van der Waals surface area (Å²) in [5, 5.41) is 23.7. The molecule has 0 aliphatic rings. The first kappa shape index (κ1) is 23.5. The highest BCUT2D eigenvalue weighted by Gasteiger charge is 2.20. The Hall–Kier alpha value is -2.81. The van der Waals surface area contributed by atoms with E-state index in [1.165, 1.54) is 0 Å². The molecule has 0 bridgehead atoms. The Morgan fingerprint density at radius 3 is 2.67 bits per heavy atom. The minimum absolute atomic E-state index is 0. The third-order valence-corrected chi connectivity index (χ3v) is 5.13. The quantitative estimate of drug-likeness (QED) is 0.453. The number of carbonyl (C=O) groups is 1. The van der Waals surface area contributed by atoms with Crippen molar-refractivity contribution in [1.82, 2.24) is 14.9 Å². The summed E-state index contributed by atoms with van der Waals surface area (Å²) in [7, 11) is 3.66. The van der Waals surface area contributed by atoms with Gasteiger partial charge in [0.05, 0.1) is 12.3 Å². The number of aromatic amines is 1. The molecule has 3 aromatic rings. The number of fused-ring (bicyclic) bond motifs is 1. The number of aromatic carboxylic acids is 1. The van der Waals surface area contributed by atoms with Crippen LogP contribution in [0.1, 0.15) is 28.5 Å². The number of ether oxygens (including phenoxy) is 1. The molecule has 0 amide bonds. The van der Waals surface area contributed by atoms with E-state index in [9.17, 15) is 14.7 Å². The normalized spacial score (nSPS) is 12.0. The van der Waals surface area contributed by atoms with Crippen molar-refractivity contribution in [3.63, 3.8) is 0 Å². The van der Waals surface area contributed by atoms with Gasteiger partial charge in [-0.05, 0) is 37.6 Å². The maximum absolute atomic E-state index is 12.1. The van der Waals surface area contributed by atoms with Gasteiger partial charge in [-0.1, -0.05) is 6.07 Å². The number of carboxylic acids is 1. The van der Waals surface area contributed by atoms with Crippen LogP contribution in [0.25, 0.3) is 22.2 Å². The minimum Gasteiger partial charge on any atom is -0.506 e. The van der Waals surface area contributed by atoms with Gasteiger partial charge in [0.15, 0.2) is 5.56 Å². The van der Waals surface area contributed by atoms with E-state index in [2.05, 4.69) is 27.9 Å². The Morgan fingerprint density at radius 1 is 1.33 bits per heavy atom. The molecule has 0 fully saturated rings. The summed E-state index contributed by atoms with van der Waals surface area (Å²) in [6.07, 6.45) is 0. The fraction of sp³-hybridized carbons (Fsp3) is 0.333. The number of halogens is 1. The van der Waals surface area contributed by atoms with Crippen LogP contribution in [-0.2, 0) is 18.3 Å². The number of aryl methyl sites for hydroxylation is 1. The highest BCUT2D eigenvalue weighted by molar-refractivity contribution is 5.92. The average Bonchev–Trinajstić information content (AvgIpc) is 2.98. The van der Waals surface area contributed by atoms with Crippen molar-refractivity contribution >= 4 is 29.3 Å². The van der Waals surface area contributed by atoms with Crippen molar-refractivity contribution in [2.75, 3.05) is 13.7 Å². The van der Waals surface area contributed by atoms with Crippen LogP contribution >= 0.6 is 12.4 Å². The van der Waals surface area contributed by atoms with Crippen LogP contribution in [0.3, 0.4) is 0 Å². The maximum atomic E-state index is 12.1. The highest BCUT2D eigenvalue weighted by Crippen LogP contribution is 2.31. The molecule has 9 heteroatoms. The van der Waals surface area contributed by atoms with Gasteiger partial charge in [0, 0.05) is 48.9 Å². The van der Waals surface area contributed by atoms with E-state index in [0.29, 0.717) is 30.0 Å². The van der Waals surface area contributed by atoms with Crippen LogP contribution in [0.4, 0.5) is 0 Å². The van der Waals surface area contributed by atoms with Crippen LogP contribution in [0, 0.1) is 6.92 Å². The molecule has 0 spiro atoms. The van der Waals surface area contributed by atoms with Gasteiger partial charge in [-0.3, -0.25) is 4.79 Å². The smallest absolute Gasteiger partial charge is 0.345 e. The van der Waals surface area contributed by atoms with Crippen molar-refractivity contribution in [2.24, 2.45) is 7.05 Å². The number of nitrogens with one attached hydrogen (secondary N) is 2. The number of nitrogens with zero attached hydrogens (tertiary/aromatic N) is 1. The molecule has 1 aromatic carbocycles. The van der Waals surface area contributed by atoms with Crippen LogP contribution in [0.5, 0.6) is 5.75 Å². The number of aromatic hydroxyl groups is 1. The molecule has 4 N–H and O–H groups in total. The fourth-order valence-corrected chi connectivity index (χ4v) is 3.49. The summed E-state index contributed by atoms with van der Waals surface area (Å²) in [5.41, 5.74) is 2.04. The second-order valence-corrected chi connectivity index (χ2v) is 7.19. The van der Waals surface area contributed by atoms with Crippen molar-refractivity contribution in [1.29, 1.82) is 0 Å². The Labute approximate surface area is 179 Å². The monoisotopic (exact) mass is 435 g/mol. The molecule has 2 heterocycles. The average molecular weight is 436 g/mol. The van der Waals surface area contributed by atoms with E-state index in [1.807, 2.05) is 25.2 Å². The zero-order chi connectivity index (χ0) is 21.3. The molecule has 0 saturated heterocycles. The first-order chi connectivity index (χ1) is 13.7. The summed E-state index contributed by atoms with van der Waals surface area (Å²) >= 11 is 0. The topological polar surface area (TPSA) is 117 Å². The Kier molecular flexibility index (Phi) is 7.30. The van der Waals surface area contributed by atoms with Gasteiger partial charge in [-0.2, -0.15) is 0 Å². The molecule has 1 atom stereocenters. The molecule has 162 valence electrons. The Morgan fingerprint density at radius 2 is 2.03 bits per heavy atom. The van der Waals surface area contributed by atoms with Crippen LogP contribution < -0.4 is 10.9 Å². The Balaban J connectivity index is 0.00000320. The van der Waals surface area contributed by atoms with E-state index >= 15 is 0 Å². The van der Waals surface area contributed by atoms with Gasteiger partial charge in [0.2, 0.25) is 0 Å². The SMILES string of the molecule is COCC(C)NCc1cc2cc(-c3[nH]c(=O)c(C(=O)O)c(O)c3C)ccc2n1C.Cl. The number of methoxy groups -OCH3 is 1. The number of H-pyrrole nitrogens is 1. The first-order valence-electron chi connectivity index (χ1n) is 9.24. The maximum Gasteiger partial charge on any atom is 0.345 e. The van der Waals surface area contributed by atoms with Crippen molar-refractivity contribution in [3.05, 3.63) is 51.4 Å².